The Labute approximate surface area is 142 Å². The van der Waals surface area contributed by atoms with E-state index in [0.717, 1.165) is 5.82 Å². The maximum absolute atomic E-state index is 4.53. The first-order valence-corrected chi connectivity index (χ1v) is 8.23. The van der Waals surface area contributed by atoms with Gasteiger partial charge in [-0.2, -0.15) is 0 Å². The van der Waals surface area contributed by atoms with Crippen molar-refractivity contribution < 1.29 is 0 Å². The van der Waals surface area contributed by atoms with Crippen LogP contribution in [-0.2, 0) is 7.05 Å². The Hall–Kier alpha value is -2.87. The zero-order valence-corrected chi connectivity index (χ0v) is 14.2. The van der Waals surface area contributed by atoms with Crippen LogP contribution in [0.5, 0.6) is 0 Å². The maximum Gasteiger partial charge on any atom is 0.139 e. The Morgan fingerprint density at radius 3 is 2.42 bits per heavy atom. The van der Waals surface area contributed by atoms with Crippen molar-refractivity contribution in [2.75, 3.05) is 0 Å². The van der Waals surface area contributed by atoms with Gasteiger partial charge in [0, 0.05) is 25.0 Å². The normalized spacial score (nSPS) is 11.1. The molecule has 1 aromatic heterocycles. The van der Waals surface area contributed by atoms with E-state index < -0.39 is 0 Å². The molecule has 2 nitrogen and oxygen atoms in total. The van der Waals surface area contributed by atoms with Gasteiger partial charge in [0.1, 0.15) is 5.82 Å². The summed E-state index contributed by atoms with van der Waals surface area (Å²) in [7, 11) is 2.04. The molecule has 118 valence electrons. The van der Waals surface area contributed by atoms with Crippen LogP contribution in [0.1, 0.15) is 11.1 Å². The zero-order valence-electron chi connectivity index (χ0n) is 14.2. The molecule has 4 aromatic rings. The highest BCUT2D eigenvalue weighted by atomic mass is 15.0. The van der Waals surface area contributed by atoms with Crippen LogP contribution in [0.2, 0.25) is 0 Å². The van der Waals surface area contributed by atoms with Crippen molar-refractivity contribution in [3.05, 3.63) is 78.1 Å². The van der Waals surface area contributed by atoms with Gasteiger partial charge in [-0.15, -0.1) is 0 Å². The van der Waals surface area contributed by atoms with Gasteiger partial charge < -0.3 is 4.57 Å². The molecule has 3 aromatic carbocycles. The lowest BCUT2D eigenvalue weighted by Gasteiger charge is -2.16. The minimum atomic E-state index is 1.01. The molecule has 0 radical (unpaired) electrons. The van der Waals surface area contributed by atoms with E-state index in [1.54, 1.807) is 0 Å². The summed E-state index contributed by atoms with van der Waals surface area (Å²) in [6.45, 7) is 4.38. The standard InChI is InChI=1S/C22H20N2/c1-15-11-12-17-7-4-5-8-20(17)21(15)18-9-6-10-19(16(18)2)22-23-13-14-24(22)3/h4-14H,1-3H3. The van der Waals surface area contributed by atoms with Gasteiger partial charge in [0.05, 0.1) is 0 Å². The molecule has 0 aliphatic carbocycles. The summed E-state index contributed by atoms with van der Waals surface area (Å²) in [5, 5.41) is 2.58. The van der Waals surface area contributed by atoms with Crippen LogP contribution < -0.4 is 0 Å². The van der Waals surface area contributed by atoms with E-state index in [1.807, 2.05) is 19.4 Å². The van der Waals surface area contributed by atoms with Crippen molar-refractivity contribution >= 4 is 10.8 Å². The van der Waals surface area contributed by atoms with Gasteiger partial charge in [0.25, 0.3) is 0 Å². The molecule has 0 bridgehead atoms. The largest absolute Gasteiger partial charge is 0.334 e. The lowest BCUT2D eigenvalue weighted by Crippen LogP contribution is -1.96. The third kappa shape index (κ3) is 2.23. The van der Waals surface area contributed by atoms with Crippen molar-refractivity contribution in [2.45, 2.75) is 13.8 Å². The van der Waals surface area contributed by atoms with Crippen molar-refractivity contribution in [3.63, 3.8) is 0 Å². The number of rotatable bonds is 2. The number of aromatic nitrogens is 2. The number of benzene rings is 3. The summed E-state index contributed by atoms with van der Waals surface area (Å²) >= 11 is 0. The van der Waals surface area contributed by atoms with Crippen LogP contribution in [0, 0.1) is 13.8 Å². The molecule has 4 rings (SSSR count). The van der Waals surface area contributed by atoms with Crippen molar-refractivity contribution in [2.24, 2.45) is 7.05 Å². The fourth-order valence-corrected chi connectivity index (χ4v) is 3.51. The van der Waals surface area contributed by atoms with E-state index in [2.05, 4.69) is 78.0 Å². The van der Waals surface area contributed by atoms with Gasteiger partial charge >= 0.3 is 0 Å². The SMILES string of the molecule is Cc1ccc2ccccc2c1-c1cccc(-c2nccn2C)c1C. The number of imidazole rings is 1. The van der Waals surface area contributed by atoms with Gasteiger partial charge in [-0.3, -0.25) is 0 Å². The number of fused-ring (bicyclic) bond motifs is 1. The molecule has 0 fully saturated rings. The van der Waals surface area contributed by atoms with Crippen LogP contribution in [0.15, 0.2) is 67.0 Å². The quantitative estimate of drug-likeness (QED) is 0.476. The smallest absolute Gasteiger partial charge is 0.139 e. The highest BCUT2D eigenvalue weighted by Crippen LogP contribution is 2.37. The molecule has 0 atom stereocenters. The Kier molecular flexibility index (Phi) is 3.46. The van der Waals surface area contributed by atoms with Crippen molar-refractivity contribution in [3.8, 4) is 22.5 Å². The van der Waals surface area contributed by atoms with E-state index in [9.17, 15) is 0 Å². The fraction of sp³-hybridized carbons (Fsp3) is 0.136. The molecule has 0 saturated heterocycles. The minimum absolute atomic E-state index is 1.01. The Balaban J connectivity index is 2.03. The molecule has 1 heterocycles. The Morgan fingerprint density at radius 2 is 1.62 bits per heavy atom. The highest BCUT2D eigenvalue weighted by molar-refractivity contribution is 5.99. The molecule has 0 aliphatic rings. The zero-order chi connectivity index (χ0) is 16.7. The Bertz CT molecular complexity index is 1040. The first-order chi connectivity index (χ1) is 11.7. The average molecular weight is 312 g/mol. The summed E-state index contributed by atoms with van der Waals surface area (Å²) in [4.78, 5) is 4.53. The highest BCUT2D eigenvalue weighted by Gasteiger charge is 2.14. The van der Waals surface area contributed by atoms with Crippen LogP contribution in [0.3, 0.4) is 0 Å². The van der Waals surface area contributed by atoms with Crippen molar-refractivity contribution in [1.82, 2.24) is 9.55 Å². The molecular weight excluding hydrogens is 292 g/mol. The van der Waals surface area contributed by atoms with Gasteiger partial charge in [-0.1, -0.05) is 54.6 Å². The third-order valence-electron chi connectivity index (χ3n) is 4.80. The van der Waals surface area contributed by atoms with E-state index >= 15 is 0 Å². The summed E-state index contributed by atoms with van der Waals surface area (Å²) in [6, 6.07) is 19.5. The predicted molar refractivity (Wildman–Crippen MR) is 101 cm³/mol. The molecule has 0 spiro atoms. The van der Waals surface area contributed by atoms with Gasteiger partial charge in [-0.05, 0) is 46.9 Å². The lowest BCUT2D eigenvalue weighted by atomic mass is 9.89. The third-order valence-corrected chi connectivity index (χ3v) is 4.80. The molecule has 0 amide bonds. The summed E-state index contributed by atoms with van der Waals surface area (Å²) in [6.07, 6.45) is 3.84. The second-order valence-electron chi connectivity index (χ2n) is 6.32. The van der Waals surface area contributed by atoms with Crippen molar-refractivity contribution in [1.29, 1.82) is 0 Å². The van der Waals surface area contributed by atoms with Gasteiger partial charge in [0.2, 0.25) is 0 Å². The molecule has 0 aliphatic heterocycles. The molecule has 0 N–H and O–H groups in total. The molecule has 2 heteroatoms. The predicted octanol–water partition coefficient (Wildman–Crippen LogP) is 5.52. The molecule has 0 saturated carbocycles. The van der Waals surface area contributed by atoms with E-state index in [4.69, 9.17) is 0 Å². The van der Waals surface area contributed by atoms with E-state index in [0.29, 0.717) is 0 Å². The second kappa shape index (κ2) is 5.64. The first kappa shape index (κ1) is 14.7. The number of aryl methyl sites for hydroxylation is 2. The monoisotopic (exact) mass is 312 g/mol. The molecule has 24 heavy (non-hydrogen) atoms. The van der Waals surface area contributed by atoms with Crippen LogP contribution in [-0.4, -0.2) is 9.55 Å². The van der Waals surface area contributed by atoms with E-state index in [1.165, 1.54) is 38.6 Å². The number of hydrogen-bond acceptors (Lipinski definition) is 1. The molecular formula is C22H20N2. The Morgan fingerprint density at radius 1 is 0.833 bits per heavy atom. The summed E-state index contributed by atoms with van der Waals surface area (Å²) in [5.74, 6) is 1.01. The van der Waals surface area contributed by atoms with E-state index in [-0.39, 0.29) is 0 Å². The average Bonchev–Trinajstić information content (AvgIpc) is 3.01. The van der Waals surface area contributed by atoms with Crippen LogP contribution in [0.25, 0.3) is 33.3 Å². The molecule has 0 unspecified atom stereocenters. The lowest BCUT2D eigenvalue weighted by molar-refractivity contribution is 0.923. The summed E-state index contributed by atoms with van der Waals surface area (Å²) < 4.78 is 2.07. The second-order valence-corrected chi connectivity index (χ2v) is 6.32. The van der Waals surface area contributed by atoms with Gasteiger partial charge in [-0.25, -0.2) is 4.98 Å². The topological polar surface area (TPSA) is 17.8 Å². The van der Waals surface area contributed by atoms with Crippen LogP contribution in [0.4, 0.5) is 0 Å². The van der Waals surface area contributed by atoms with Crippen LogP contribution >= 0.6 is 0 Å². The maximum atomic E-state index is 4.53. The minimum Gasteiger partial charge on any atom is -0.334 e. The van der Waals surface area contributed by atoms with Gasteiger partial charge in [0.15, 0.2) is 0 Å². The fourth-order valence-electron chi connectivity index (χ4n) is 3.51. The summed E-state index contributed by atoms with van der Waals surface area (Å²) in [5.41, 5.74) is 6.36. The first-order valence-electron chi connectivity index (χ1n) is 8.23. The number of hydrogen-bond donors (Lipinski definition) is 0. The number of nitrogens with zero attached hydrogens (tertiary/aromatic N) is 2.